The van der Waals surface area contributed by atoms with E-state index in [4.69, 9.17) is 15.2 Å². The highest BCUT2D eigenvalue weighted by molar-refractivity contribution is 5.75. The molecule has 0 saturated heterocycles. The van der Waals surface area contributed by atoms with Crippen LogP contribution in [0.25, 0.3) is 11.1 Å². The second kappa shape index (κ2) is 9.21. The van der Waals surface area contributed by atoms with Crippen LogP contribution in [-0.4, -0.2) is 27.3 Å². The lowest BCUT2D eigenvalue weighted by Crippen LogP contribution is -2.10. The molecule has 1 aliphatic rings. The normalized spacial score (nSPS) is 18.1. The number of nitrogens with two attached hydrogens (primary N) is 1. The molecule has 2 heterocycles. The number of ether oxygens (including phenoxy) is 2. The van der Waals surface area contributed by atoms with Crippen molar-refractivity contribution >= 4 is 11.8 Å². The number of halogens is 1. The first kappa shape index (κ1) is 22.8. The molecule has 1 saturated carbocycles. The zero-order valence-electron chi connectivity index (χ0n) is 19.3. The number of rotatable bonds is 8. The van der Waals surface area contributed by atoms with Gasteiger partial charge in [-0.3, -0.25) is 9.48 Å². The number of aromatic nitrogens is 3. The van der Waals surface area contributed by atoms with Crippen LogP contribution < -0.4 is 10.5 Å². The van der Waals surface area contributed by atoms with Crippen LogP contribution in [0.5, 0.6) is 5.75 Å². The van der Waals surface area contributed by atoms with Gasteiger partial charge in [-0.05, 0) is 63.3 Å². The number of hydrogen-bond donors (Lipinski definition) is 1. The minimum absolute atomic E-state index is 0.0352. The number of nitrogens with zero attached hydrogens (tertiary/aromatic N) is 3. The highest BCUT2D eigenvalue weighted by Gasteiger charge is 2.44. The third kappa shape index (κ3) is 4.84. The van der Waals surface area contributed by atoms with Crippen LogP contribution in [0, 0.1) is 31.5 Å². The Morgan fingerprint density at radius 1 is 1.30 bits per heavy atom. The third-order valence-electron chi connectivity index (χ3n) is 6.16. The van der Waals surface area contributed by atoms with Gasteiger partial charge in [-0.25, -0.2) is 9.37 Å². The van der Waals surface area contributed by atoms with Crippen molar-refractivity contribution in [3.05, 3.63) is 59.3 Å². The number of benzene rings is 1. The van der Waals surface area contributed by atoms with Gasteiger partial charge in [0.25, 0.3) is 0 Å². The summed E-state index contributed by atoms with van der Waals surface area (Å²) in [7, 11) is 0. The molecule has 3 aromatic rings. The summed E-state index contributed by atoms with van der Waals surface area (Å²) in [5.74, 6) is 0.516. The van der Waals surface area contributed by atoms with E-state index in [2.05, 4.69) is 10.1 Å². The first-order valence-electron chi connectivity index (χ1n) is 11.2. The van der Waals surface area contributed by atoms with Crippen molar-refractivity contribution in [1.82, 2.24) is 14.8 Å². The lowest BCUT2D eigenvalue weighted by Gasteiger charge is -2.20. The van der Waals surface area contributed by atoms with E-state index in [1.54, 1.807) is 25.4 Å². The van der Waals surface area contributed by atoms with E-state index in [9.17, 15) is 9.18 Å². The molecule has 4 rings (SSSR count). The maximum Gasteiger partial charge on any atom is 0.309 e. The van der Waals surface area contributed by atoms with Crippen molar-refractivity contribution in [2.45, 2.75) is 46.8 Å². The summed E-state index contributed by atoms with van der Waals surface area (Å²) >= 11 is 0. The molecule has 0 radical (unpaired) electrons. The van der Waals surface area contributed by atoms with Crippen molar-refractivity contribution in [3.63, 3.8) is 0 Å². The monoisotopic (exact) mass is 452 g/mol. The molecule has 1 aromatic carbocycles. The summed E-state index contributed by atoms with van der Waals surface area (Å²) in [4.78, 5) is 16.1. The molecule has 2 aromatic heterocycles. The Labute approximate surface area is 192 Å². The Bertz CT molecular complexity index is 1180. The SMILES string of the molecule is CCOC(=O)C1CC1Cn1cc(-c2cnc(N)c(OC(C)c3c(C)ccc(F)c3C)c2)cn1. The summed E-state index contributed by atoms with van der Waals surface area (Å²) in [6.45, 7) is 8.42. The number of nitrogen functional groups attached to an aromatic ring is 1. The van der Waals surface area contributed by atoms with Crippen LogP contribution in [0.15, 0.2) is 36.8 Å². The van der Waals surface area contributed by atoms with Gasteiger partial charge < -0.3 is 15.2 Å². The van der Waals surface area contributed by atoms with Gasteiger partial charge in [0.05, 0.1) is 18.7 Å². The molecular formula is C25H29FN4O3. The van der Waals surface area contributed by atoms with Crippen LogP contribution in [-0.2, 0) is 16.1 Å². The van der Waals surface area contributed by atoms with Crippen LogP contribution >= 0.6 is 0 Å². The quantitative estimate of drug-likeness (QED) is 0.501. The van der Waals surface area contributed by atoms with Gasteiger partial charge in [0.1, 0.15) is 11.9 Å². The van der Waals surface area contributed by atoms with E-state index in [1.165, 1.54) is 6.07 Å². The molecule has 8 heteroatoms. The summed E-state index contributed by atoms with van der Waals surface area (Å²) in [6.07, 6.45) is 5.76. The van der Waals surface area contributed by atoms with E-state index in [1.807, 2.05) is 37.7 Å². The second-order valence-corrected chi connectivity index (χ2v) is 8.58. The molecule has 0 aliphatic heterocycles. The number of hydrogen-bond acceptors (Lipinski definition) is 6. The van der Waals surface area contributed by atoms with Gasteiger partial charge in [0, 0.05) is 35.6 Å². The minimum Gasteiger partial charge on any atom is -0.482 e. The van der Waals surface area contributed by atoms with E-state index in [0.717, 1.165) is 28.7 Å². The first-order chi connectivity index (χ1) is 15.8. The van der Waals surface area contributed by atoms with Gasteiger partial charge in [-0.1, -0.05) is 6.07 Å². The average molecular weight is 453 g/mol. The van der Waals surface area contributed by atoms with Crippen molar-refractivity contribution in [3.8, 4) is 16.9 Å². The summed E-state index contributed by atoms with van der Waals surface area (Å²) < 4.78 is 27.1. The molecule has 3 atom stereocenters. The largest absolute Gasteiger partial charge is 0.482 e. The predicted molar refractivity (Wildman–Crippen MR) is 123 cm³/mol. The van der Waals surface area contributed by atoms with E-state index in [0.29, 0.717) is 24.5 Å². The van der Waals surface area contributed by atoms with Crippen molar-refractivity contribution in [2.75, 3.05) is 12.3 Å². The molecule has 0 bridgehead atoms. The smallest absolute Gasteiger partial charge is 0.309 e. The number of carbonyl (C=O) groups is 1. The molecule has 0 amide bonds. The Hall–Kier alpha value is -3.42. The maximum atomic E-state index is 14.1. The Morgan fingerprint density at radius 2 is 2.09 bits per heavy atom. The predicted octanol–water partition coefficient (Wildman–Crippen LogP) is 4.62. The van der Waals surface area contributed by atoms with Crippen LogP contribution in [0.4, 0.5) is 10.2 Å². The fraction of sp³-hybridized carbons (Fsp3) is 0.400. The van der Waals surface area contributed by atoms with E-state index < -0.39 is 6.10 Å². The maximum absolute atomic E-state index is 14.1. The molecule has 3 unspecified atom stereocenters. The number of pyridine rings is 1. The molecule has 1 aliphatic carbocycles. The summed E-state index contributed by atoms with van der Waals surface area (Å²) in [5, 5.41) is 4.43. The fourth-order valence-corrected chi connectivity index (χ4v) is 4.26. The zero-order valence-corrected chi connectivity index (χ0v) is 19.3. The molecule has 174 valence electrons. The van der Waals surface area contributed by atoms with Crippen LogP contribution in [0.3, 0.4) is 0 Å². The Balaban J connectivity index is 1.48. The average Bonchev–Trinajstić information content (AvgIpc) is 3.39. The number of carbonyl (C=O) groups excluding carboxylic acids is 1. The Kier molecular flexibility index (Phi) is 6.35. The topological polar surface area (TPSA) is 92.3 Å². The lowest BCUT2D eigenvalue weighted by molar-refractivity contribution is -0.145. The van der Waals surface area contributed by atoms with Crippen molar-refractivity contribution in [1.29, 1.82) is 0 Å². The van der Waals surface area contributed by atoms with Crippen LogP contribution in [0.1, 0.15) is 43.1 Å². The fourth-order valence-electron chi connectivity index (χ4n) is 4.26. The van der Waals surface area contributed by atoms with Crippen LogP contribution in [0.2, 0.25) is 0 Å². The molecule has 33 heavy (non-hydrogen) atoms. The van der Waals surface area contributed by atoms with Gasteiger partial charge >= 0.3 is 5.97 Å². The van der Waals surface area contributed by atoms with Gasteiger partial charge in [-0.2, -0.15) is 5.10 Å². The van der Waals surface area contributed by atoms with E-state index in [-0.39, 0.29) is 29.4 Å². The number of anilines is 1. The second-order valence-electron chi connectivity index (χ2n) is 8.58. The molecular weight excluding hydrogens is 423 g/mol. The third-order valence-corrected chi connectivity index (χ3v) is 6.16. The molecule has 7 nitrogen and oxygen atoms in total. The Morgan fingerprint density at radius 3 is 2.85 bits per heavy atom. The highest BCUT2D eigenvalue weighted by Crippen LogP contribution is 2.41. The number of esters is 1. The van der Waals surface area contributed by atoms with Gasteiger partial charge in [0.2, 0.25) is 0 Å². The first-order valence-corrected chi connectivity index (χ1v) is 11.2. The van der Waals surface area contributed by atoms with E-state index >= 15 is 0 Å². The highest BCUT2D eigenvalue weighted by atomic mass is 19.1. The zero-order chi connectivity index (χ0) is 23.7. The van der Waals surface area contributed by atoms with Gasteiger partial charge in [0.15, 0.2) is 11.6 Å². The lowest BCUT2D eigenvalue weighted by atomic mass is 9.98. The standard InChI is InChI=1S/C25H29FN4O3/c1-5-32-25(31)20-8-18(20)12-30-13-19(11-29-30)17-9-22(24(27)28-10-17)33-16(4)23-14(2)6-7-21(26)15(23)3/h6-7,9-11,13,16,18,20H,5,8,12H2,1-4H3,(H2,27,28). The molecule has 2 N–H and O–H groups in total. The number of aryl methyl sites for hydroxylation is 1. The summed E-state index contributed by atoms with van der Waals surface area (Å²) in [6, 6.07) is 5.03. The van der Waals surface area contributed by atoms with Gasteiger partial charge in [-0.15, -0.1) is 0 Å². The minimum atomic E-state index is -0.405. The van der Waals surface area contributed by atoms with Crippen molar-refractivity contribution in [2.24, 2.45) is 11.8 Å². The molecule has 0 spiro atoms. The van der Waals surface area contributed by atoms with Crippen molar-refractivity contribution < 1.29 is 18.7 Å². The summed E-state index contributed by atoms with van der Waals surface area (Å²) in [5.41, 5.74) is 10.1. The molecule has 1 fully saturated rings.